The predicted molar refractivity (Wildman–Crippen MR) is 139 cm³/mol. The summed E-state index contributed by atoms with van der Waals surface area (Å²) in [5.74, 6) is 5.27. The summed E-state index contributed by atoms with van der Waals surface area (Å²) in [6, 6.07) is -0.129. The molecule has 0 spiro atoms. The van der Waals surface area contributed by atoms with E-state index < -0.39 is 0 Å². The molecule has 0 aromatic heterocycles. The van der Waals surface area contributed by atoms with Gasteiger partial charge in [0.2, 0.25) is 0 Å². The van der Waals surface area contributed by atoms with Gasteiger partial charge < -0.3 is 0 Å². The summed E-state index contributed by atoms with van der Waals surface area (Å²) in [7, 11) is 0. The number of fused-ring (bicyclic) bond motifs is 4. The topological polar surface area (TPSA) is 62.1 Å². The number of hydrogen-bond acceptors (Lipinski definition) is 4. The Hall–Kier alpha value is -1.00. The first kappa shape index (κ1) is 26.1. The summed E-state index contributed by atoms with van der Waals surface area (Å²) in [6.07, 6.45) is 7.44. The number of nitrogens with zero attached hydrogens (tertiary/aromatic N) is 3. The molecule has 0 amide bonds. The van der Waals surface area contributed by atoms with Gasteiger partial charge in [0.05, 0.1) is 16.6 Å². The molecular formula is C29H51N3O2. The molecule has 5 nitrogen and oxygen atoms in total. The van der Waals surface area contributed by atoms with Crippen LogP contribution in [-0.4, -0.2) is 11.2 Å². The second kappa shape index (κ2) is 8.26. The van der Waals surface area contributed by atoms with Gasteiger partial charge in [0.25, 0.3) is 0 Å². The van der Waals surface area contributed by atoms with Crippen LogP contribution in [0.4, 0.5) is 0 Å². The van der Waals surface area contributed by atoms with Crippen LogP contribution in [0.1, 0.15) is 108 Å². The van der Waals surface area contributed by atoms with Crippen LogP contribution in [0.3, 0.4) is 0 Å². The van der Waals surface area contributed by atoms with E-state index in [1.807, 2.05) is 0 Å². The van der Waals surface area contributed by atoms with Crippen molar-refractivity contribution in [3.05, 3.63) is 9.81 Å². The van der Waals surface area contributed by atoms with Crippen LogP contribution in [0.5, 0.6) is 0 Å². The Balaban J connectivity index is 1.65. The molecule has 9 atom stereocenters. The van der Waals surface area contributed by atoms with E-state index in [9.17, 15) is 9.81 Å². The fraction of sp³-hybridized carbons (Fsp3) is 1.00. The van der Waals surface area contributed by atoms with Crippen molar-refractivity contribution in [1.82, 2.24) is 5.12 Å². The molecule has 4 rings (SSSR count). The molecule has 194 valence electrons. The smallest absolute Gasteiger partial charge is 0.0816 e. The summed E-state index contributed by atoms with van der Waals surface area (Å²) in [6.45, 7) is 24.7. The fourth-order valence-corrected chi connectivity index (χ4v) is 11.1. The van der Waals surface area contributed by atoms with Gasteiger partial charge in [-0.25, -0.2) is 0 Å². The van der Waals surface area contributed by atoms with Crippen LogP contribution < -0.4 is 0 Å². The molecule has 4 bridgehead atoms. The first-order valence-electron chi connectivity index (χ1n) is 14.0. The van der Waals surface area contributed by atoms with Gasteiger partial charge in [0.15, 0.2) is 0 Å². The summed E-state index contributed by atoms with van der Waals surface area (Å²) < 4.78 is 0. The first-order chi connectivity index (χ1) is 15.5. The molecule has 4 aliphatic rings. The summed E-state index contributed by atoms with van der Waals surface area (Å²) in [5.41, 5.74) is 0.918. The van der Waals surface area contributed by atoms with Gasteiger partial charge in [0, 0.05) is 0 Å². The molecule has 0 aromatic rings. The van der Waals surface area contributed by atoms with E-state index in [4.69, 9.17) is 0 Å². The average molecular weight is 474 g/mol. The van der Waals surface area contributed by atoms with Crippen LogP contribution in [0, 0.1) is 78.8 Å². The molecule has 0 saturated heterocycles. The van der Waals surface area contributed by atoms with E-state index in [0.717, 1.165) is 41.6 Å². The maximum Gasteiger partial charge on any atom is 0.0816 e. The van der Waals surface area contributed by atoms with Gasteiger partial charge in [-0.3, -0.25) is 0 Å². The SMILES string of the molecule is CC(C)(C)C1C2CCC(C2)C1C(C)(C)CC(C)(C)C1C2CC(CC2N(N=O)N=O)C1C(C)(C)C. The molecule has 9 unspecified atom stereocenters. The van der Waals surface area contributed by atoms with E-state index in [2.05, 4.69) is 79.8 Å². The molecule has 5 heteroatoms. The Labute approximate surface area is 208 Å². The van der Waals surface area contributed by atoms with Crippen molar-refractivity contribution in [3.63, 3.8) is 0 Å². The van der Waals surface area contributed by atoms with E-state index in [1.54, 1.807) is 0 Å². The van der Waals surface area contributed by atoms with Crippen LogP contribution in [-0.2, 0) is 0 Å². The van der Waals surface area contributed by atoms with E-state index >= 15 is 0 Å². The van der Waals surface area contributed by atoms with Crippen molar-refractivity contribution < 1.29 is 0 Å². The lowest BCUT2D eigenvalue weighted by Crippen LogP contribution is -2.50. The highest BCUT2D eigenvalue weighted by Gasteiger charge is 2.63. The van der Waals surface area contributed by atoms with Crippen molar-refractivity contribution in [2.24, 2.45) is 79.6 Å². The van der Waals surface area contributed by atoms with Crippen LogP contribution in [0.2, 0.25) is 0 Å². The van der Waals surface area contributed by atoms with Crippen molar-refractivity contribution in [2.45, 2.75) is 114 Å². The van der Waals surface area contributed by atoms with Gasteiger partial charge in [-0.05, 0) is 108 Å². The van der Waals surface area contributed by atoms with Gasteiger partial charge in [-0.2, -0.15) is 0 Å². The number of nitroso groups, excluding NO2 is 2. The molecule has 0 aliphatic heterocycles. The zero-order valence-corrected chi connectivity index (χ0v) is 23.6. The summed E-state index contributed by atoms with van der Waals surface area (Å²) in [4.78, 5) is 22.8. The maximum atomic E-state index is 11.4. The van der Waals surface area contributed by atoms with Gasteiger partial charge in [0.1, 0.15) is 0 Å². The fourth-order valence-electron chi connectivity index (χ4n) is 11.1. The van der Waals surface area contributed by atoms with Gasteiger partial charge in [-0.15, -0.1) is 14.9 Å². The average Bonchev–Trinajstić information content (AvgIpc) is 3.45. The zero-order chi connectivity index (χ0) is 25.4. The maximum absolute atomic E-state index is 11.4. The Bertz CT molecular complexity index is 784. The van der Waals surface area contributed by atoms with Crippen LogP contribution in [0.15, 0.2) is 10.6 Å². The Morgan fingerprint density at radius 3 is 1.59 bits per heavy atom. The van der Waals surface area contributed by atoms with Gasteiger partial charge >= 0.3 is 0 Å². The lowest BCUT2D eigenvalue weighted by atomic mass is 9.51. The molecule has 4 fully saturated rings. The van der Waals surface area contributed by atoms with Crippen molar-refractivity contribution >= 4 is 0 Å². The highest BCUT2D eigenvalue weighted by molar-refractivity contribution is 5.12. The van der Waals surface area contributed by atoms with Gasteiger partial charge in [-0.1, -0.05) is 69.2 Å². The monoisotopic (exact) mass is 473 g/mol. The third kappa shape index (κ3) is 4.15. The van der Waals surface area contributed by atoms with Crippen molar-refractivity contribution in [1.29, 1.82) is 0 Å². The summed E-state index contributed by atoms with van der Waals surface area (Å²) in [5, 5.41) is 6.99. The highest BCUT2D eigenvalue weighted by Crippen LogP contribution is 2.68. The quantitative estimate of drug-likeness (QED) is 0.275. The number of hydrogen-bond donors (Lipinski definition) is 0. The minimum atomic E-state index is -0.129. The largest absolute Gasteiger partial charge is 0.123 e. The van der Waals surface area contributed by atoms with Crippen molar-refractivity contribution in [2.75, 3.05) is 0 Å². The third-order valence-corrected chi connectivity index (χ3v) is 11.1. The summed E-state index contributed by atoms with van der Waals surface area (Å²) >= 11 is 0. The number of rotatable bonds is 7. The minimum absolute atomic E-state index is 0.112. The lowest BCUT2D eigenvalue weighted by Gasteiger charge is -2.54. The van der Waals surface area contributed by atoms with E-state index in [-0.39, 0.29) is 22.3 Å². The molecule has 34 heavy (non-hydrogen) atoms. The Kier molecular flexibility index (Phi) is 6.34. The molecule has 0 heterocycles. The molecule has 4 aliphatic carbocycles. The van der Waals surface area contributed by atoms with Crippen LogP contribution >= 0.6 is 0 Å². The highest BCUT2D eigenvalue weighted by atomic mass is 16.4. The molecular weight excluding hydrogens is 422 g/mol. The molecule has 0 N–H and O–H groups in total. The minimum Gasteiger partial charge on any atom is -0.123 e. The van der Waals surface area contributed by atoms with Crippen LogP contribution in [0.25, 0.3) is 0 Å². The molecule has 0 radical (unpaired) electrons. The second-order valence-corrected chi connectivity index (χ2v) is 16.3. The molecule has 4 saturated carbocycles. The van der Waals surface area contributed by atoms with Crippen molar-refractivity contribution in [3.8, 4) is 0 Å². The molecule has 0 aromatic carbocycles. The second-order valence-electron chi connectivity index (χ2n) is 16.3. The Morgan fingerprint density at radius 1 is 0.618 bits per heavy atom. The lowest BCUT2D eigenvalue weighted by molar-refractivity contribution is -0.0657. The first-order valence-corrected chi connectivity index (χ1v) is 14.0. The normalized spacial score (nSPS) is 40.1. The van der Waals surface area contributed by atoms with E-state index in [0.29, 0.717) is 29.1 Å². The standard InChI is InChI=1S/C29H51N3O2/c1-26(2,3)22-17-11-12-18(13-17)24(22)28(7,8)16-29(9,10)25-20-14-19(23(25)27(4,5)6)15-21(20)32(30-33)31-34/h17-25H,11-16H2,1-10H3. The predicted octanol–water partition coefficient (Wildman–Crippen LogP) is 8.49. The zero-order valence-electron chi connectivity index (χ0n) is 23.6. The Morgan fingerprint density at radius 2 is 1.09 bits per heavy atom. The van der Waals surface area contributed by atoms with E-state index in [1.165, 1.54) is 25.7 Å². The third-order valence-electron chi connectivity index (χ3n) is 11.1.